The molecule has 3 rings (SSSR count). The van der Waals surface area contributed by atoms with Crippen LogP contribution in [0.15, 0.2) is 12.2 Å². The molecule has 3 aliphatic rings. The zero-order valence-electron chi connectivity index (χ0n) is 11.9. The van der Waals surface area contributed by atoms with Gasteiger partial charge in [0, 0.05) is 42.1 Å². The molecular formula is C12H17BrI3O4VW2-2. The van der Waals surface area contributed by atoms with Crippen LogP contribution in [0.5, 0.6) is 0 Å². The fourth-order valence-electron chi connectivity index (χ4n) is 1.92. The van der Waals surface area contributed by atoms with Crippen LogP contribution in [0, 0.1) is 12.8 Å². The number of halogens is 4. The SMILES string of the molecule is Br[C@H]1CO[C@@H]2[CH-]CO[C@H]12.OC[CH-][C@@H]1C=CCO1.[I][V]([I])[I].[W].[W]. The average molecular weight is 1100 g/mol. The first-order valence-corrected chi connectivity index (χ1v) is 20.7. The van der Waals surface area contributed by atoms with Gasteiger partial charge in [-0.2, -0.15) is 0 Å². The number of aliphatic hydroxyl groups is 1. The molecular weight excluding hydrogens is 1090 g/mol. The van der Waals surface area contributed by atoms with E-state index in [1.807, 2.05) is 12.2 Å². The molecule has 0 unspecified atom stereocenters. The summed E-state index contributed by atoms with van der Waals surface area (Å²) in [6.45, 7) is 2.30. The molecule has 0 radical (unpaired) electrons. The van der Waals surface area contributed by atoms with Crippen LogP contribution in [-0.2, 0) is 61.3 Å². The summed E-state index contributed by atoms with van der Waals surface area (Å²) in [7, 11) is 0. The molecule has 136 valence electrons. The largest absolute Gasteiger partial charge is 0 e. The maximum atomic E-state index is 8.36. The fraction of sp³-hybridized carbons (Fsp3) is 0.667. The Hall–Kier alpha value is 4.21. The van der Waals surface area contributed by atoms with Gasteiger partial charge >= 0.3 is 64.9 Å². The second-order valence-electron chi connectivity index (χ2n) is 4.18. The van der Waals surface area contributed by atoms with Gasteiger partial charge in [-0.1, -0.05) is 41.3 Å². The first-order chi connectivity index (χ1) is 10.0. The molecule has 0 amide bonds. The molecule has 3 heterocycles. The van der Waals surface area contributed by atoms with Crippen molar-refractivity contribution in [3.63, 3.8) is 0 Å². The molecule has 11 heteroatoms. The van der Waals surface area contributed by atoms with Crippen molar-refractivity contribution in [1.82, 2.24) is 0 Å². The second-order valence-corrected chi connectivity index (χ2v) is 40.7. The van der Waals surface area contributed by atoms with Gasteiger partial charge in [0.2, 0.25) is 0 Å². The molecule has 2 saturated heterocycles. The molecule has 0 aromatic heterocycles. The van der Waals surface area contributed by atoms with E-state index in [0.29, 0.717) is 11.4 Å². The van der Waals surface area contributed by atoms with Crippen LogP contribution in [0.2, 0.25) is 0 Å². The van der Waals surface area contributed by atoms with E-state index in [-0.39, 0.29) is 72.0 Å². The van der Waals surface area contributed by atoms with Crippen molar-refractivity contribution >= 4 is 75.9 Å². The van der Waals surface area contributed by atoms with Crippen LogP contribution in [0.1, 0.15) is 0 Å². The summed E-state index contributed by atoms with van der Waals surface area (Å²) in [4.78, 5) is 0.126. The number of alkyl halides is 1. The molecule has 0 bridgehead atoms. The third-order valence-corrected chi connectivity index (χ3v) is 3.58. The third kappa shape index (κ3) is 13.9. The second kappa shape index (κ2) is 18.3. The van der Waals surface area contributed by atoms with Gasteiger partial charge in [0.15, 0.2) is 0 Å². The minimum atomic E-state index is -0.278. The fourth-order valence-corrected chi connectivity index (χ4v) is 2.53. The predicted molar refractivity (Wildman–Crippen MR) is 109 cm³/mol. The number of fused-ring (bicyclic) bond motifs is 1. The van der Waals surface area contributed by atoms with Gasteiger partial charge in [-0.3, -0.25) is 12.8 Å². The minimum Gasteiger partial charge on any atom is 0 e. The maximum absolute atomic E-state index is 8.36. The summed E-state index contributed by atoms with van der Waals surface area (Å²) < 4.78 is 15.8. The van der Waals surface area contributed by atoms with E-state index in [2.05, 4.69) is 82.3 Å². The number of ether oxygens (including phenoxy) is 3. The number of hydrogen-bond donors (Lipinski definition) is 1. The number of aliphatic hydroxyl groups excluding tert-OH is 1. The Morgan fingerprint density at radius 2 is 1.91 bits per heavy atom. The Bertz CT molecular complexity index is 319. The Morgan fingerprint density at radius 3 is 2.39 bits per heavy atom. The molecule has 4 nitrogen and oxygen atoms in total. The standard InChI is InChI=1S/C6H8BrO2.C6H9O2.3HI.V.2W/c7-4-3-9-5-1-2-8-6(4)5;7-4-3-6-2-1-5-8-6;;;;;;/h1,4-6H,2-3H2;1-3,6-7H,4-5H2;3*1H;;;/q2*-1;;;;+3;;/p-3/t4-,5+,6+;6-;;;;;;/m00....../s1. The first-order valence-electron chi connectivity index (χ1n) is 6.25. The Kier molecular flexibility index (Phi) is 23.3. The summed E-state index contributed by atoms with van der Waals surface area (Å²) in [5.74, 6) is 0. The molecule has 0 aromatic rings. The molecule has 4 atom stereocenters. The summed E-state index contributed by atoms with van der Waals surface area (Å²) in [5, 5.41) is 8.36. The van der Waals surface area contributed by atoms with Gasteiger partial charge in [-0.05, 0) is 12.2 Å². The Labute approximate surface area is 213 Å². The van der Waals surface area contributed by atoms with Crippen LogP contribution in [0.3, 0.4) is 0 Å². The van der Waals surface area contributed by atoms with Crippen molar-refractivity contribution in [3.05, 3.63) is 25.0 Å². The van der Waals surface area contributed by atoms with Gasteiger partial charge in [-0.25, -0.2) is 0 Å². The van der Waals surface area contributed by atoms with Crippen molar-refractivity contribution in [1.29, 1.82) is 0 Å². The molecule has 1 N–H and O–H groups in total. The van der Waals surface area contributed by atoms with Crippen molar-refractivity contribution in [3.8, 4) is 0 Å². The predicted octanol–water partition coefficient (Wildman–Crippen LogP) is 3.54. The zero-order valence-corrected chi connectivity index (χ0v) is 27.2. The van der Waals surface area contributed by atoms with Gasteiger partial charge in [0.25, 0.3) is 0 Å². The van der Waals surface area contributed by atoms with Crippen LogP contribution in [0.25, 0.3) is 0 Å². The van der Waals surface area contributed by atoms with Crippen molar-refractivity contribution in [2.45, 2.75) is 23.1 Å². The van der Waals surface area contributed by atoms with Crippen LogP contribution in [-0.4, -0.2) is 54.7 Å². The molecule has 0 saturated carbocycles. The monoisotopic (exact) mass is 1100 g/mol. The summed E-state index contributed by atoms with van der Waals surface area (Å²) in [6, 6.07) is 0. The van der Waals surface area contributed by atoms with Crippen LogP contribution < -0.4 is 0 Å². The van der Waals surface area contributed by atoms with E-state index in [9.17, 15) is 0 Å². The van der Waals surface area contributed by atoms with Gasteiger partial charge in [0.1, 0.15) is 0 Å². The molecule has 23 heavy (non-hydrogen) atoms. The van der Waals surface area contributed by atoms with E-state index in [1.54, 1.807) is 6.42 Å². The van der Waals surface area contributed by atoms with E-state index in [1.165, 1.54) is 0 Å². The first kappa shape index (κ1) is 29.4. The summed E-state index contributed by atoms with van der Waals surface area (Å²) in [5.41, 5.74) is 0. The molecule has 2 fully saturated rings. The number of hydrogen-bond acceptors (Lipinski definition) is 4. The smallest absolute Gasteiger partial charge is 0 e. The van der Waals surface area contributed by atoms with E-state index < -0.39 is 0 Å². The van der Waals surface area contributed by atoms with Gasteiger partial charge < -0.3 is 19.3 Å². The van der Waals surface area contributed by atoms with Crippen molar-refractivity contribution < 1.29 is 66.4 Å². The Balaban J connectivity index is 0. The molecule has 0 aliphatic carbocycles. The van der Waals surface area contributed by atoms with E-state index in [0.717, 1.165) is 13.2 Å². The summed E-state index contributed by atoms with van der Waals surface area (Å²) >= 11 is 10.9. The third-order valence-electron chi connectivity index (χ3n) is 2.79. The number of rotatable bonds is 2. The zero-order chi connectivity index (χ0) is 15.7. The Morgan fingerprint density at radius 1 is 1.26 bits per heavy atom. The average Bonchev–Trinajstić information content (AvgIpc) is 3.11. The normalized spacial score (nSPS) is 30.3. The van der Waals surface area contributed by atoms with Gasteiger partial charge in [-0.15, -0.1) is 0 Å². The van der Waals surface area contributed by atoms with Crippen LogP contribution >= 0.6 is 75.9 Å². The minimum absolute atomic E-state index is 0. The van der Waals surface area contributed by atoms with E-state index >= 15 is 0 Å². The van der Waals surface area contributed by atoms with Crippen molar-refractivity contribution in [2.75, 3.05) is 26.4 Å². The van der Waals surface area contributed by atoms with Crippen LogP contribution in [0.4, 0.5) is 0 Å². The van der Waals surface area contributed by atoms with Gasteiger partial charge in [0.05, 0.1) is 24.1 Å². The molecule has 0 spiro atoms. The summed E-state index contributed by atoms with van der Waals surface area (Å²) in [6.07, 6.45) is 8.25. The van der Waals surface area contributed by atoms with E-state index in [4.69, 9.17) is 19.3 Å². The molecule has 0 aromatic carbocycles. The molecule has 3 aliphatic heterocycles. The quantitative estimate of drug-likeness (QED) is 0.199. The maximum Gasteiger partial charge on any atom is 0 e. The van der Waals surface area contributed by atoms with Crippen molar-refractivity contribution in [2.24, 2.45) is 0 Å². The topological polar surface area (TPSA) is 47.9 Å².